The summed E-state index contributed by atoms with van der Waals surface area (Å²) >= 11 is 0. The molecule has 0 amide bonds. The number of aliphatic hydroxyl groups is 2. The third-order valence-corrected chi connectivity index (χ3v) is 2.58. The zero-order valence-electron chi connectivity index (χ0n) is 9.86. The van der Waals surface area contributed by atoms with Crippen molar-refractivity contribution in [1.82, 2.24) is 0 Å². The van der Waals surface area contributed by atoms with Crippen LogP contribution >= 0.6 is 0 Å². The van der Waals surface area contributed by atoms with Gasteiger partial charge in [-0.15, -0.1) is 0 Å². The lowest BCUT2D eigenvalue weighted by molar-refractivity contribution is -0.143. The van der Waals surface area contributed by atoms with Gasteiger partial charge in [0.05, 0.1) is 13.2 Å². The Labute approximate surface area is 105 Å². The van der Waals surface area contributed by atoms with Gasteiger partial charge in [-0.2, -0.15) is 0 Å². The Bertz CT molecular complexity index is 378. The van der Waals surface area contributed by atoms with Gasteiger partial charge in [0.2, 0.25) is 0 Å². The monoisotopic (exact) mass is 252 g/mol. The average Bonchev–Trinajstić information content (AvgIpc) is 2.44. The molecule has 0 aliphatic carbocycles. The summed E-state index contributed by atoms with van der Waals surface area (Å²) in [4.78, 5) is 22.0. The molecule has 0 aromatic heterocycles. The standard InChI is InChI=1S/C13H16O5/c14-7-6-13(10-16,18-9-12(17)8-15)11-4-2-1-3-5-11/h1-5,7,10,12,15,17H,6,8-9H2. The summed E-state index contributed by atoms with van der Waals surface area (Å²) in [6, 6.07) is 8.57. The van der Waals surface area contributed by atoms with Crippen LogP contribution in [0.2, 0.25) is 0 Å². The van der Waals surface area contributed by atoms with E-state index in [4.69, 9.17) is 9.84 Å². The van der Waals surface area contributed by atoms with Gasteiger partial charge in [-0.1, -0.05) is 30.3 Å². The van der Waals surface area contributed by atoms with Gasteiger partial charge < -0.3 is 19.7 Å². The molecule has 18 heavy (non-hydrogen) atoms. The maximum Gasteiger partial charge on any atom is 0.156 e. The largest absolute Gasteiger partial charge is 0.394 e. The molecular formula is C13H16O5. The second-order valence-corrected chi connectivity index (χ2v) is 3.89. The van der Waals surface area contributed by atoms with Gasteiger partial charge >= 0.3 is 0 Å². The highest BCUT2D eigenvalue weighted by Crippen LogP contribution is 2.26. The third-order valence-electron chi connectivity index (χ3n) is 2.58. The third kappa shape index (κ3) is 3.46. The molecule has 98 valence electrons. The van der Waals surface area contributed by atoms with Gasteiger partial charge in [0.1, 0.15) is 12.4 Å². The van der Waals surface area contributed by atoms with Crippen molar-refractivity contribution in [3.63, 3.8) is 0 Å². The molecule has 5 heteroatoms. The maximum absolute atomic E-state index is 11.3. The van der Waals surface area contributed by atoms with E-state index in [1.165, 1.54) is 0 Å². The van der Waals surface area contributed by atoms with Crippen LogP contribution in [-0.4, -0.2) is 42.1 Å². The summed E-state index contributed by atoms with van der Waals surface area (Å²) in [7, 11) is 0. The first-order chi connectivity index (χ1) is 8.68. The molecule has 1 aromatic rings. The molecule has 0 saturated heterocycles. The molecule has 5 nitrogen and oxygen atoms in total. The minimum Gasteiger partial charge on any atom is -0.394 e. The Morgan fingerprint density at radius 2 is 1.94 bits per heavy atom. The lowest BCUT2D eigenvalue weighted by Gasteiger charge is -2.27. The van der Waals surface area contributed by atoms with Crippen molar-refractivity contribution in [1.29, 1.82) is 0 Å². The Morgan fingerprint density at radius 3 is 2.44 bits per heavy atom. The molecular weight excluding hydrogens is 236 g/mol. The van der Waals surface area contributed by atoms with Gasteiger partial charge in [-0.25, -0.2) is 0 Å². The molecule has 2 unspecified atom stereocenters. The SMILES string of the molecule is O=CCC(C=O)(OCC(O)CO)c1ccccc1. The van der Waals surface area contributed by atoms with Crippen LogP contribution in [0.15, 0.2) is 30.3 Å². The minimum atomic E-state index is -1.40. The van der Waals surface area contributed by atoms with E-state index < -0.39 is 18.3 Å². The molecule has 1 aromatic carbocycles. The number of benzene rings is 1. The summed E-state index contributed by atoms with van der Waals surface area (Å²) < 4.78 is 5.35. The lowest BCUT2D eigenvalue weighted by atomic mass is 9.92. The second-order valence-electron chi connectivity index (χ2n) is 3.89. The summed E-state index contributed by atoms with van der Waals surface area (Å²) in [5.74, 6) is 0. The molecule has 0 radical (unpaired) electrons. The zero-order valence-corrected chi connectivity index (χ0v) is 9.86. The number of carbonyl (C=O) groups is 2. The van der Waals surface area contributed by atoms with E-state index in [2.05, 4.69) is 0 Å². The van der Waals surface area contributed by atoms with Gasteiger partial charge in [-0.3, -0.25) is 4.79 Å². The van der Waals surface area contributed by atoms with E-state index >= 15 is 0 Å². The second kappa shape index (κ2) is 7.00. The van der Waals surface area contributed by atoms with Gasteiger partial charge in [0.25, 0.3) is 0 Å². The lowest BCUT2D eigenvalue weighted by Crippen LogP contribution is -2.36. The van der Waals surface area contributed by atoms with Crippen molar-refractivity contribution in [3.8, 4) is 0 Å². The first-order valence-electron chi connectivity index (χ1n) is 5.57. The van der Waals surface area contributed by atoms with Gasteiger partial charge in [0.15, 0.2) is 11.9 Å². The van der Waals surface area contributed by atoms with Crippen LogP contribution < -0.4 is 0 Å². The normalized spacial score (nSPS) is 15.7. The van der Waals surface area contributed by atoms with Crippen LogP contribution in [0.25, 0.3) is 0 Å². The highest BCUT2D eigenvalue weighted by molar-refractivity contribution is 5.72. The maximum atomic E-state index is 11.3. The first kappa shape index (κ1) is 14.5. The Kier molecular flexibility index (Phi) is 5.64. The highest BCUT2D eigenvalue weighted by atomic mass is 16.5. The van der Waals surface area contributed by atoms with Crippen molar-refractivity contribution in [2.75, 3.05) is 13.2 Å². The molecule has 2 N–H and O–H groups in total. The zero-order chi connectivity index (χ0) is 13.4. The van der Waals surface area contributed by atoms with Gasteiger partial charge in [0, 0.05) is 6.42 Å². The van der Waals surface area contributed by atoms with Crippen LogP contribution in [0.5, 0.6) is 0 Å². The summed E-state index contributed by atoms with van der Waals surface area (Å²) in [5, 5.41) is 18.0. The van der Waals surface area contributed by atoms with Crippen molar-refractivity contribution in [3.05, 3.63) is 35.9 Å². The number of carbonyl (C=O) groups excluding carboxylic acids is 2. The van der Waals surface area contributed by atoms with E-state index in [0.29, 0.717) is 18.1 Å². The van der Waals surface area contributed by atoms with Crippen molar-refractivity contribution in [2.24, 2.45) is 0 Å². The Morgan fingerprint density at radius 1 is 1.28 bits per heavy atom. The van der Waals surface area contributed by atoms with Crippen LogP contribution in [0, 0.1) is 0 Å². The smallest absolute Gasteiger partial charge is 0.156 e. The molecule has 0 spiro atoms. The van der Waals surface area contributed by atoms with Crippen LogP contribution in [0.4, 0.5) is 0 Å². The molecule has 0 aliphatic heterocycles. The molecule has 0 fully saturated rings. The Hall–Kier alpha value is -1.56. The van der Waals surface area contributed by atoms with Crippen molar-refractivity contribution >= 4 is 12.6 Å². The van der Waals surface area contributed by atoms with Crippen molar-refractivity contribution < 1.29 is 24.5 Å². The quantitative estimate of drug-likeness (QED) is 0.638. The highest BCUT2D eigenvalue weighted by Gasteiger charge is 2.33. The minimum absolute atomic E-state index is 0.140. The van der Waals surface area contributed by atoms with E-state index in [1.54, 1.807) is 30.3 Å². The first-order valence-corrected chi connectivity index (χ1v) is 5.57. The number of aldehydes is 2. The summed E-state index contributed by atoms with van der Waals surface area (Å²) in [5.41, 5.74) is -0.865. The fourth-order valence-electron chi connectivity index (χ4n) is 1.55. The predicted molar refractivity (Wildman–Crippen MR) is 63.9 cm³/mol. The average molecular weight is 252 g/mol. The van der Waals surface area contributed by atoms with Crippen molar-refractivity contribution in [2.45, 2.75) is 18.1 Å². The number of aliphatic hydroxyl groups excluding tert-OH is 2. The summed E-state index contributed by atoms with van der Waals surface area (Å²) in [6.45, 7) is -0.692. The molecule has 1 rings (SSSR count). The number of hydrogen-bond acceptors (Lipinski definition) is 5. The van der Waals surface area contributed by atoms with E-state index in [0.717, 1.165) is 0 Å². The molecule has 0 aliphatic rings. The molecule has 0 bridgehead atoms. The number of ether oxygens (including phenoxy) is 1. The molecule has 0 heterocycles. The fraction of sp³-hybridized carbons (Fsp3) is 0.385. The fourth-order valence-corrected chi connectivity index (χ4v) is 1.55. The number of rotatable bonds is 8. The number of hydrogen-bond donors (Lipinski definition) is 2. The molecule has 2 atom stereocenters. The van der Waals surface area contributed by atoms with E-state index in [1.807, 2.05) is 0 Å². The van der Waals surface area contributed by atoms with Gasteiger partial charge in [-0.05, 0) is 5.56 Å². The van der Waals surface area contributed by atoms with Crippen LogP contribution in [0.1, 0.15) is 12.0 Å². The topological polar surface area (TPSA) is 83.8 Å². The van der Waals surface area contributed by atoms with Crippen LogP contribution in [-0.2, 0) is 19.9 Å². The van der Waals surface area contributed by atoms with Crippen LogP contribution in [0.3, 0.4) is 0 Å². The Balaban J connectivity index is 2.94. The molecule has 0 saturated carbocycles. The summed E-state index contributed by atoms with van der Waals surface area (Å²) in [6.07, 6.45) is -0.0913. The van der Waals surface area contributed by atoms with E-state index in [9.17, 15) is 14.7 Å². The van der Waals surface area contributed by atoms with E-state index in [-0.39, 0.29) is 13.0 Å². The predicted octanol–water partition coefficient (Wildman–Crippen LogP) is 0.0396.